The second kappa shape index (κ2) is 7.76. The first-order valence-corrected chi connectivity index (χ1v) is 8.87. The predicted octanol–water partition coefficient (Wildman–Crippen LogP) is 4.37. The molecule has 0 radical (unpaired) electrons. The standard InChI is InChI=1S/C17H27N3S/c1-5-9-18-16(17-14(6-2)8-11-21-17)12-15-7-10-20(19-15)13(3)4/h7-8,10-11,13,16,18H,5-6,9,12H2,1-4H3. The summed E-state index contributed by atoms with van der Waals surface area (Å²) in [6, 6.07) is 5.22. The van der Waals surface area contributed by atoms with Crippen LogP contribution in [0.5, 0.6) is 0 Å². The first kappa shape index (κ1) is 16.2. The van der Waals surface area contributed by atoms with Crippen LogP contribution in [0.1, 0.15) is 62.3 Å². The highest BCUT2D eigenvalue weighted by Crippen LogP contribution is 2.27. The molecule has 0 fully saturated rings. The van der Waals surface area contributed by atoms with Crippen molar-refractivity contribution in [1.82, 2.24) is 15.1 Å². The fourth-order valence-electron chi connectivity index (χ4n) is 2.50. The van der Waals surface area contributed by atoms with Crippen molar-refractivity contribution in [3.63, 3.8) is 0 Å². The Morgan fingerprint density at radius 3 is 2.71 bits per heavy atom. The first-order valence-electron chi connectivity index (χ1n) is 7.99. The lowest BCUT2D eigenvalue weighted by Crippen LogP contribution is -2.24. The van der Waals surface area contributed by atoms with E-state index in [0.717, 1.165) is 25.8 Å². The second-order valence-corrected chi connectivity index (χ2v) is 6.70. The molecule has 0 spiro atoms. The third-order valence-corrected chi connectivity index (χ3v) is 4.80. The van der Waals surface area contributed by atoms with E-state index in [-0.39, 0.29) is 0 Å². The normalized spacial score (nSPS) is 13.0. The molecule has 0 aliphatic carbocycles. The Kier molecular flexibility index (Phi) is 6.00. The summed E-state index contributed by atoms with van der Waals surface area (Å²) in [4.78, 5) is 1.48. The molecule has 3 nitrogen and oxygen atoms in total. The van der Waals surface area contributed by atoms with Crippen molar-refractivity contribution in [2.45, 2.75) is 59.0 Å². The van der Waals surface area contributed by atoms with E-state index in [9.17, 15) is 0 Å². The molecule has 2 heterocycles. The smallest absolute Gasteiger partial charge is 0.0644 e. The summed E-state index contributed by atoms with van der Waals surface area (Å²) in [6.45, 7) is 9.83. The molecule has 2 rings (SSSR count). The number of aromatic nitrogens is 2. The third-order valence-electron chi connectivity index (χ3n) is 3.72. The molecule has 1 unspecified atom stereocenters. The molecule has 0 aromatic carbocycles. The van der Waals surface area contributed by atoms with Crippen LogP contribution < -0.4 is 5.32 Å². The molecule has 0 saturated carbocycles. The summed E-state index contributed by atoms with van der Waals surface area (Å²) in [7, 11) is 0. The third kappa shape index (κ3) is 4.17. The van der Waals surface area contributed by atoms with Crippen LogP contribution in [-0.4, -0.2) is 16.3 Å². The van der Waals surface area contributed by atoms with Gasteiger partial charge in [0.15, 0.2) is 0 Å². The molecule has 4 heteroatoms. The maximum Gasteiger partial charge on any atom is 0.0644 e. The van der Waals surface area contributed by atoms with Crippen LogP contribution in [0.3, 0.4) is 0 Å². The van der Waals surface area contributed by atoms with Gasteiger partial charge in [0, 0.05) is 29.6 Å². The maximum atomic E-state index is 4.70. The fourth-order valence-corrected chi connectivity index (χ4v) is 3.58. The molecule has 116 valence electrons. The molecule has 2 aromatic heterocycles. The van der Waals surface area contributed by atoms with Gasteiger partial charge in [0.05, 0.1) is 5.69 Å². The van der Waals surface area contributed by atoms with Gasteiger partial charge in [-0.1, -0.05) is 13.8 Å². The molecular formula is C17H27N3S. The van der Waals surface area contributed by atoms with Crippen LogP contribution in [0.15, 0.2) is 23.7 Å². The topological polar surface area (TPSA) is 29.9 Å². The lowest BCUT2D eigenvalue weighted by molar-refractivity contribution is 0.501. The van der Waals surface area contributed by atoms with Gasteiger partial charge in [-0.25, -0.2) is 0 Å². The van der Waals surface area contributed by atoms with Crippen LogP contribution in [0.2, 0.25) is 0 Å². The predicted molar refractivity (Wildman–Crippen MR) is 91.0 cm³/mol. The van der Waals surface area contributed by atoms with Crippen molar-refractivity contribution in [1.29, 1.82) is 0 Å². The highest BCUT2D eigenvalue weighted by Gasteiger charge is 2.17. The molecule has 2 aromatic rings. The van der Waals surface area contributed by atoms with Crippen molar-refractivity contribution in [2.24, 2.45) is 0 Å². The Morgan fingerprint density at radius 2 is 2.10 bits per heavy atom. The first-order chi connectivity index (χ1) is 10.2. The minimum atomic E-state index is 0.385. The minimum Gasteiger partial charge on any atom is -0.309 e. The van der Waals surface area contributed by atoms with Gasteiger partial charge >= 0.3 is 0 Å². The summed E-state index contributed by atoms with van der Waals surface area (Å²) in [6.07, 6.45) is 5.31. The molecule has 1 atom stereocenters. The summed E-state index contributed by atoms with van der Waals surface area (Å²) in [5.41, 5.74) is 2.64. The van der Waals surface area contributed by atoms with Crippen molar-refractivity contribution in [3.8, 4) is 0 Å². The molecule has 0 amide bonds. The molecular weight excluding hydrogens is 278 g/mol. The minimum absolute atomic E-state index is 0.385. The van der Waals surface area contributed by atoms with E-state index >= 15 is 0 Å². The average Bonchev–Trinajstić information content (AvgIpc) is 3.11. The van der Waals surface area contributed by atoms with Gasteiger partial charge in [0.2, 0.25) is 0 Å². The lowest BCUT2D eigenvalue weighted by atomic mass is 10.0. The summed E-state index contributed by atoms with van der Waals surface area (Å²) in [5, 5.41) is 10.6. The van der Waals surface area contributed by atoms with Gasteiger partial charge in [0.25, 0.3) is 0 Å². The van der Waals surface area contributed by atoms with Crippen molar-refractivity contribution < 1.29 is 0 Å². The number of rotatable bonds is 8. The van der Waals surface area contributed by atoms with Crippen LogP contribution in [0, 0.1) is 0 Å². The average molecular weight is 305 g/mol. The van der Waals surface area contributed by atoms with Crippen molar-refractivity contribution in [2.75, 3.05) is 6.54 Å². The van der Waals surface area contributed by atoms with Gasteiger partial charge < -0.3 is 5.32 Å². The number of thiophene rings is 1. The fraction of sp³-hybridized carbons (Fsp3) is 0.588. The Hall–Kier alpha value is -1.13. The van der Waals surface area contributed by atoms with Crippen LogP contribution in [0.4, 0.5) is 0 Å². The monoisotopic (exact) mass is 305 g/mol. The van der Waals surface area contributed by atoms with E-state index in [1.54, 1.807) is 0 Å². The number of nitrogens with zero attached hydrogens (tertiary/aromatic N) is 2. The maximum absolute atomic E-state index is 4.70. The van der Waals surface area contributed by atoms with Gasteiger partial charge in [-0.15, -0.1) is 11.3 Å². The Morgan fingerprint density at radius 1 is 1.29 bits per heavy atom. The van der Waals surface area contributed by atoms with Gasteiger partial charge in [-0.05, 0) is 56.3 Å². The van der Waals surface area contributed by atoms with Gasteiger partial charge in [0.1, 0.15) is 0 Å². The van der Waals surface area contributed by atoms with Crippen LogP contribution in [0.25, 0.3) is 0 Å². The quantitative estimate of drug-likeness (QED) is 0.785. The van der Waals surface area contributed by atoms with E-state index in [0.29, 0.717) is 12.1 Å². The zero-order valence-electron chi connectivity index (χ0n) is 13.6. The lowest BCUT2D eigenvalue weighted by Gasteiger charge is -2.18. The zero-order chi connectivity index (χ0) is 15.2. The van der Waals surface area contributed by atoms with Gasteiger partial charge in [-0.3, -0.25) is 4.68 Å². The molecule has 0 aliphatic rings. The molecule has 0 aliphatic heterocycles. The number of hydrogen-bond donors (Lipinski definition) is 1. The SMILES string of the molecule is CCCNC(Cc1ccn(C(C)C)n1)c1sccc1CC. The largest absolute Gasteiger partial charge is 0.309 e. The summed E-state index contributed by atoms with van der Waals surface area (Å²) < 4.78 is 2.04. The van der Waals surface area contributed by atoms with Crippen LogP contribution in [-0.2, 0) is 12.8 Å². The number of hydrogen-bond acceptors (Lipinski definition) is 3. The van der Waals surface area contributed by atoms with E-state index < -0.39 is 0 Å². The number of aryl methyl sites for hydroxylation is 1. The second-order valence-electron chi connectivity index (χ2n) is 5.76. The molecule has 1 N–H and O–H groups in total. The van der Waals surface area contributed by atoms with E-state index in [2.05, 4.69) is 56.7 Å². The molecule has 0 saturated heterocycles. The highest BCUT2D eigenvalue weighted by molar-refractivity contribution is 7.10. The Labute approximate surface area is 132 Å². The Bertz CT molecular complexity index is 542. The summed E-state index contributed by atoms with van der Waals surface area (Å²) in [5.74, 6) is 0. The molecule has 21 heavy (non-hydrogen) atoms. The number of nitrogens with one attached hydrogen (secondary N) is 1. The zero-order valence-corrected chi connectivity index (χ0v) is 14.4. The van der Waals surface area contributed by atoms with Gasteiger partial charge in [-0.2, -0.15) is 5.10 Å². The highest BCUT2D eigenvalue weighted by atomic mass is 32.1. The molecule has 0 bridgehead atoms. The van der Waals surface area contributed by atoms with E-state index in [1.807, 2.05) is 16.0 Å². The van der Waals surface area contributed by atoms with E-state index in [4.69, 9.17) is 5.10 Å². The van der Waals surface area contributed by atoms with E-state index in [1.165, 1.54) is 16.1 Å². The van der Waals surface area contributed by atoms with Crippen molar-refractivity contribution >= 4 is 11.3 Å². The Balaban J connectivity index is 2.15. The van der Waals surface area contributed by atoms with Crippen LogP contribution >= 0.6 is 11.3 Å². The summed E-state index contributed by atoms with van der Waals surface area (Å²) >= 11 is 1.87. The van der Waals surface area contributed by atoms with Crippen molar-refractivity contribution in [3.05, 3.63) is 39.8 Å².